The predicted molar refractivity (Wildman–Crippen MR) is 107 cm³/mol. The first-order valence-electron chi connectivity index (χ1n) is 7.99. The van der Waals surface area contributed by atoms with E-state index < -0.39 is 0 Å². The van der Waals surface area contributed by atoms with Gasteiger partial charge in [0.15, 0.2) is 0 Å². The highest BCUT2D eigenvalue weighted by molar-refractivity contribution is 6.33. The number of hydrogen-bond donors (Lipinski definition) is 1. The molecule has 0 spiro atoms. The molecule has 0 amide bonds. The number of aliphatic imine (C=N–C) groups is 1. The Balaban J connectivity index is 2.19. The van der Waals surface area contributed by atoms with E-state index >= 15 is 0 Å². The van der Waals surface area contributed by atoms with Crippen molar-refractivity contribution in [2.24, 2.45) is 4.99 Å². The van der Waals surface area contributed by atoms with Crippen LogP contribution in [0, 0.1) is 6.92 Å². The van der Waals surface area contributed by atoms with Gasteiger partial charge in [-0.25, -0.2) is 4.99 Å². The molecule has 5 heteroatoms. The fourth-order valence-corrected chi connectivity index (χ4v) is 2.35. The van der Waals surface area contributed by atoms with Crippen LogP contribution in [-0.4, -0.2) is 38.9 Å². The molecule has 0 aliphatic heterocycles. The van der Waals surface area contributed by atoms with Gasteiger partial charge in [0, 0.05) is 44.7 Å². The summed E-state index contributed by atoms with van der Waals surface area (Å²) in [6.07, 6.45) is 1.80. The second-order valence-electron chi connectivity index (χ2n) is 6.00. The van der Waals surface area contributed by atoms with E-state index in [1.165, 1.54) is 5.69 Å². The van der Waals surface area contributed by atoms with Crippen molar-refractivity contribution >= 4 is 40.7 Å². The summed E-state index contributed by atoms with van der Waals surface area (Å²) >= 11 is 6.38. The minimum atomic E-state index is 0.633. The highest BCUT2D eigenvalue weighted by Gasteiger charge is 2.06. The summed E-state index contributed by atoms with van der Waals surface area (Å²) in [6.45, 7) is 5.03. The molecule has 0 bridgehead atoms. The monoisotopic (exact) mass is 344 g/mol. The lowest BCUT2D eigenvalue weighted by atomic mass is 10.1. The number of halogens is 1. The Morgan fingerprint density at radius 3 is 2.38 bits per heavy atom. The Labute approximate surface area is 149 Å². The van der Waals surface area contributed by atoms with Gasteiger partial charge in [0.1, 0.15) is 0 Å². The van der Waals surface area contributed by atoms with Crippen molar-refractivity contribution in [3.8, 4) is 0 Å². The third kappa shape index (κ3) is 4.65. The second-order valence-corrected chi connectivity index (χ2v) is 6.41. The van der Waals surface area contributed by atoms with Gasteiger partial charge in [-0.05, 0) is 55.8 Å². The van der Waals surface area contributed by atoms with Crippen LogP contribution in [0.4, 0.5) is 22.7 Å². The molecule has 2 aromatic rings. The van der Waals surface area contributed by atoms with E-state index in [1.54, 1.807) is 6.34 Å². The van der Waals surface area contributed by atoms with Gasteiger partial charge >= 0.3 is 0 Å². The third-order valence-electron chi connectivity index (χ3n) is 3.85. The molecule has 24 heavy (non-hydrogen) atoms. The minimum Gasteiger partial charge on any atom is -0.378 e. The zero-order chi connectivity index (χ0) is 17.7. The predicted octanol–water partition coefficient (Wildman–Crippen LogP) is 5.07. The Hall–Kier alpha value is -2.20. The summed E-state index contributed by atoms with van der Waals surface area (Å²) < 4.78 is 0. The van der Waals surface area contributed by atoms with Crippen molar-refractivity contribution in [1.82, 2.24) is 4.90 Å². The highest BCUT2D eigenvalue weighted by Crippen LogP contribution is 2.32. The van der Waals surface area contributed by atoms with Gasteiger partial charge < -0.3 is 15.1 Å². The maximum atomic E-state index is 6.38. The topological polar surface area (TPSA) is 30.9 Å². The standard InChI is InChI=1S/C19H25ClN4/c1-6-24(5)13-21-19-11-14(2)18(12-17(19)20)22-15-7-9-16(10-8-15)23(3)4/h7-13,22H,6H2,1-5H3. The fraction of sp³-hybridized carbons (Fsp3) is 0.316. The lowest BCUT2D eigenvalue weighted by molar-refractivity contribution is 0.552. The SMILES string of the molecule is CCN(C)C=Nc1cc(C)c(Nc2ccc(N(C)C)cc2)cc1Cl. The van der Waals surface area contributed by atoms with Crippen LogP contribution < -0.4 is 10.2 Å². The summed E-state index contributed by atoms with van der Waals surface area (Å²) in [5, 5.41) is 4.05. The zero-order valence-corrected chi connectivity index (χ0v) is 15.7. The van der Waals surface area contributed by atoms with Crippen LogP contribution in [0.2, 0.25) is 5.02 Å². The zero-order valence-electron chi connectivity index (χ0n) is 15.0. The molecule has 0 atom stereocenters. The van der Waals surface area contributed by atoms with E-state index in [0.717, 1.165) is 29.2 Å². The largest absolute Gasteiger partial charge is 0.378 e. The van der Waals surface area contributed by atoms with Gasteiger partial charge in [-0.1, -0.05) is 11.6 Å². The number of hydrogen-bond acceptors (Lipinski definition) is 3. The molecule has 0 aliphatic carbocycles. The van der Waals surface area contributed by atoms with Gasteiger partial charge in [-0.3, -0.25) is 0 Å². The number of nitrogens with one attached hydrogen (secondary N) is 1. The summed E-state index contributed by atoms with van der Waals surface area (Å²) in [5.74, 6) is 0. The number of aryl methyl sites for hydroxylation is 1. The van der Waals surface area contributed by atoms with Crippen LogP contribution in [0.5, 0.6) is 0 Å². The fourth-order valence-electron chi connectivity index (χ4n) is 2.14. The van der Waals surface area contributed by atoms with Gasteiger partial charge in [0.2, 0.25) is 0 Å². The summed E-state index contributed by atoms with van der Waals surface area (Å²) in [6, 6.07) is 12.2. The van der Waals surface area contributed by atoms with Crippen molar-refractivity contribution < 1.29 is 0 Å². The molecule has 0 fully saturated rings. The van der Waals surface area contributed by atoms with E-state index in [2.05, 4.69) is 53.3 Å². The normalized spacial score (nSPS) is 10.9. The maximum Gasteiger partial charge on any atom is 0.0910 e. The Bertz CT molecular complexity index is 708. The average molecular weight is 345 g/mol. The Kier molecular flexibility index (Phi) is 6.10. The molecule has 0 unspecified atom stereocenters. The first kappa shape index (κ1) is 18.1. The van der Waals surface area contributed by atoms with Gasteiger partial charge in [-0.15, -0.1) is 0 Å². The molecule has 0 saturated carbocycles. The van der Waals surface area contributed by atoms with Crippen LogP contribution in [0.25, 0.3) is 0 Å². The number of benzene rings is 2. The van der Waals surface area contributed by atoms with Crippen molar-refractivity contribution in [1.29, 1.82) is 0 Å². The lowest BCUT2D eigenvalue weighted by Crippen LogP contribution is -2.14. The number of rotatable bonds is 6. The summed E-state index contributed by atoms with van der Waals surface area (Å²) in [7, 11) is 6.04. The lowest BCUT2D eigenvalue weighted by Gasteiger charge is -2.15. The van der Waals surface area contributed by atoms with Gasteiger partial charge in [0.05, 0.1) is 17.0 Å². The average Bonchev–Trinajstić information content (AvgIpc) is 2.56. The van der Waals surface area contributed by atoms with Crippen LogP contribution in [0.15, 0.2) is 41.4 Å². The molecule has 4 nitrogen and oxygen atoms in total. The van der Waals surface area contributed by atoms with E-state index in [0.29, 0.717) is 5.02 Å². The van der Waals surface area contributed by atoms with Crippen molar-refractivity contribution in [2.45, 2.75) is 13.8 Å². The molecular weight excluding hydrogens is 320 g/mol. The summed E-state index contributed by atoms with van der Waals surface area (Å²) in [5.41, 5.74) is 5.06. The molecule has 128 valence electrons. The highest BCUT2D eigenvalue weighted by atomic mass is 35.5. The van der Waals surface area contributed by atoms with E-state index in [-0.39, 0.29) is 0 Å². The van der Waals surface area contributed by atoms with Crippen LogP contribution in [0.3, 0.4) is 0 Å². The molecule has 0 radical (unpaired) electrons. The number of anilines is 3. The second kappa shape index (κ2) is 8.06. The minimum absolute atomic E-state index is 0.633. The molecular formula is C19H25ClN4. The van der Waals surface area contributed by atoms with Gasteiger partial charge in [-0.2, -0.15) is 0 Å². The molecule has 0 aromatic heterocycles. The van der Waals surface area contributed by atoms with E-state index in [9.17, 15) is 0 Å². The van der Waals surface area contributed by atoms with E-state index in [4.69, 9.17) is 11.6 Å². The van der Waals surface area contributed by atoms with E-state index in [1.807, 2.05) is 38.2 Å². The Morgan fingerprint density at radius 2 is 1.79 bits per heavy atom. The first-order chi connectivity index (χ1) is 11.4. The molecule has 2 aromatic carbocycles. The van der Waals surface area contributed by atoms with Crippen molar-refractivity contribution in [3.05, 3.63) is 47.0 Å². The molecule has 0 aliphatic rings. The third-order valence-corrected chi connectivity index (χ3v) is 4.15. The maximum absolute atomic E-state index is 6.38. The van der Waals surface area contributed by atoms with Crippen molar-refractivity contribution in [3.63, 3.8) is 0 Å². The van der Waals surface area contributed by atoms with Crippen LogP contribution in [0.1, 0.15) is 12.5 Å². The number of nitrogens with zero attached hydrogens (tertiary/aromatic N) is 3. The molecule has 0 heterocycles. The Morgan fingerprint density at radius 1 is 1.12 bits per heavy atom. The van der Waals surface area contributed by atoms with Crippen molar-refractivity contribution in [2.75, 3.05) is 37.9 Å². The smallest absolute Gasteiger partial charge is 0.0910 e. The molecule has 2 rings (SSSR count). The van der Waals surface area contributed by atoms with Gasteiger partial charge in [0.25, 0.3) is 0 Å². The molecule has 1 N–H and O–H groups in total. The quantitative estimate of drug-likeness (QED) is 0.586. The van der Waals surface area contributed by atoms with Crippen LogP contribution >= 0.6 is 11.6 Å². The van der Waals surface area contributed by atoms with Crippen LogP contribution in [-0.2, 0) is 0 Å². The summed E-state index contributed by atoms with van der Waals surface area (Å²) in [4.78, 5) is 8.53. The first-order valence-corrected chi connectivity index (χ1v) is 8.37. The molecule has 0 saturated heterocycles.